The second-order valence-corrected chi connectivity index (χ2v) is 3.47. The van der Waals surface area contributed by atoms with Gasteiger partial charge < -0.3 is 11.1 Å². The third-order valence-electron chi connectivity index (χ3n) is 1.79. The number of pyridine rings is 1. The molecule has 0 aliphatic carbocycles. The summed E-state index contributed by atoms with van der Waals surface area (Å²) in [4.78, 5) is 15.4. The molecule has 4 nitrogen and oxygen atoms in total. The average molecular weight is 205 g/mol. The van der Waals surface area contributed by atoms with Gasteiger partial charge >= 0.3 is 0 Å². The predicted octanol–water partition coefficient (Wildman–Crippen LogP) is 1.36. The number of nitrogens with two attached hydrogens (primary N) is 1. The number of rotatable bonds is 3. The van der Waals surface area contributed by atoms with Crippen molar-refractivity contribution in [1.29, 1.82) is 0 Å². The molecule has 3 N–H and O–H groups in total. The van der Waals surface area contributed by atoms with Crippen LogP contribution >= 0.6 is 0 Å². The Hall–Kier alpha value is -1.84. The Morgan fingerprint density at radius 3 is 2.80 bits per heavy atom. The van der Waals surface area contributed by atoms with Gasteiger partial charge in [-0.3, -0.25) is 4.79 Å². The van der Waals surface area contributed by atoms with Crippen molar-refractivity contribution < 1.29 is 4.79 Å². The molecular formula is C11H15N3O. The fourth-order valence-corrected chi connectivity index (χ4v) is 0.978. The maximum absolute atomic E-state index is 11.5. The first-order chi connectivity index (χ1) is 7.09. The van der Waals surface area contributed by atoms with Gasteiger partial charge in [-0.05, 0) is 26.0 Å². The van der Waals surface area contributed by atoms with Gasteiger partial charge in [0.05, 0.1) is 11.9 Å². The standard InChI is InChI=1S/C11H15N3O/c1-8(2)5-6-13-11(15)10-4-3-9(12)7-14-10/h3-5,7H,6,12H2,1-2H3,(H,13,15). The summed E-state index contributed by atoms with van der Waals surface area (Å²) in [6.07, 6.45) is 3.41. The summed E-state index contributed by atoms with van der Waals surface area (Å²) in [6, 6.07) is 3.26. The minimum absolute atomic E-state index is 0.187. The molecule has 0 bridgehead atoms. The fraction of sp³-hybridized carbons (Fsp3) is 0.273. The molecule has 1 rings (SSSR count). The van der Waals surface area contributed by atoms with Gasteiger partial charge in [-0.2, -0.15) is 0 Å². The van der Waals surface area contributed by atoms with E-state index in [-0.39, 0.29) is 5.91 Å². The number of nitrogen functional groups attached to an aromatic ring is 1. The first-order valence-electron chi connectivity index (χ1n) is 4.72. The first kappa shape index (κ1) is 11.2. The van der Waals surface area contributed by atoms with Gasteiger partial charge in [-0.25, -0.2) is 4.98 Å². The molecule has 0 aromatic carbocycles. The zero-order chi connectivity index (χ0) is 11.3. The Kier molecular flexibility index (Phi) is 3.85. The van der Waals surface area contributed by atoms with Crippen molar-refractivity contribution in [3.8, 4) is 0 Å². The van der Waals surface area contributed by atoms with Gasteiger partial charge in [-0.1, -0.05) is 11.6 Å². The molecule has 15 heavy (non-hydrogen) atoms. The lowest BCUT2D eigenvalue weighted by Gasteiger charge is -2.01. The smallest absolute Gasteiger partial charge is 0.270 e. The second kappa shape index (κ2) is 5.14. The van der Waals surface area contributed by atoms with Crippen LogP contribution in [0.25, 0.3) is 0 Å². The number of nitrogens with one attached hydrogen (secondary N) is 1. The number of aromatic nitrogens is 1. The van der Waals surface area contributed by atoms with Gasteiger partial charge in [0.2, 0.25) is 0 Å². The quantitative estimate of drug-likeness (QED) is 0.732. The summed E-state index contributed by atoms with van der Waals surface area (Å²) in [7, 11) is 0. The van der Waals surface area contributed by atoms with Crippen molar-refractivity contribution in [3.05, 3.63) is 35.7 Å². The summed E-state index contributed by atoms with van der Waals surface area (Å²) < 4.78 is 0. The number of amides is 1. The molecule has 0 spiro atoms. The Balaban J connectivity index is 2.54. The minimum atomic E-state index is -0.187. The van der Waals surface area contributed by atoms with E-state index in [1.165, 1.54) is 11.8 Å². The molecule has 0 fully saturated rings. The van der Waals surface area contributed by atoms with Crippen LogP contribution in [0.1, 0.15) is 24.3 Å². The highest BCUT2D eigenvalue weighted by Crippen LogP contribution is 2.00. The van der Waals surface area contributed by atoms with Crippen LogP contribution in [0.15, 0.2) is 30.0 Å². The Morgan fingerprint density at radius 2 is 2.27 bits per heavy atom. The normalized spacial score (nSPS) is 9.47. The molecule has 80 valence electrons. The zero-order valence-corrected chi connectivity index (χ0v) is 8.95. The summed E-state index contributed by atoms with van der Waals surface area (Å²) >= 11 is 0. The van der Waals surface area contributed by atoms with E-state index in [4.69, 9.17) is 5.73 Å². The van der Waals surface area contributed by atoms with Crippen LogP contribution in [0.5, 0.6) is 0 Å². The molecule has 4 heteroatoms. The minimum Gasteiger partial charge on any atom is -0.397 e. The molecule has 0 saturated heterocycles. The molecule has 1 aromatic heterocycles. The molecule has 1 amide bonds. The molecule has 0 atom stereocenters. The number of anilines is 1. The Morgan fingerprint density at radius 1 is 1.53 bits per heavy atom. The number of hydrogen-bond acceptors (Lipinski definition) is 3. The summed E-state index contributed by atoms with van der Waals surface area (Å²) in [6.45, 7) is 4.48. The van der Waals surface area contributed by atoms with Gasteiger partial charge in [0, 0.05) is 6.54 Å². The Labute approximate surface area is 89.2 Å². The van der Waals surface area contributed by atoms with Crippen LogP contribution in [-0.4, -0.2) is 17.4 Å². The lowest BCUT2D eigenvalue weighted by atomic mass is 10.3. The van der Waals surface area contributed by atoms with E-state index in [1.54, 1.807) is 12.1 Å². The highest BCUT2D eigenvalue weighted by molar-refractivity contribution is 5.92. The molecule has 0 aliphatic heterocycles. The van der Waals surface area contributed by atoms with Crippen LogP contribution < -0.4 is 11.1 Å². The molecule has 1 aromatic rings. The molecule has 0 unspecified atom stereocenters. The highest BCUT2D eigenvalue weighted by atomic mass is 16.1. The van der Waals surface area contributed by atoms with Crippen molar-refractivity contribution in [2.24, 2.45) is 0 Å². The van der Waals surface area contributed by atoms with E-state index in [1.807, 2.05) is 19.9 Å². The van der Waals surface area contributed by atoms with E-state index in [2.05, 4.69) is 10.3 Å². The number of allylic oxidation sites excluding steroid dienone is 1. The van der Waals surface area contributed by atoms with Gasteiger partial charge in [0.1, 0.15) is 5.69 Å². The number of carbonyl (C=O) groups is 1. The van der Waals surface area contributed by atoms with Crippen LogP contribution in [-0.2, 0) is 0 Å². The highest BCUT2D eigenvalue weighted by Gasteiger charge is 2.04. The van der Waals surface area contributed by atoms with Crippen molar-refractivity contribution in [1.82, 2.24) is 10.3 Å². The second-order valence-electron chi connectivity index (χ2n) is 3.47. The maximum Gasteiger partial charge on any atom is 0.270 e. The van der Waals surface area contributed by atoms with E-state index < -0.39 is 0 Å². The molecule has 1 heterocycles. The van der Waals surface area contributed by atoms with E-state index in [0.29, 0.717) is 17.9 Å². The lowest BCUT2D eigenvalue weighted by molar-refractivity contribution is 0.0953. The SMILES string of the molecule is CC(C)=CCNC(=O)c1ccc(N)cn1. The van der Waals surface area contributed by atoms with Crippen molar-refractivity contribution >= 4 is 11.6 Å². The summed E-state index contributed by atoms with van der Waals surface area (Å²) in [5, 5.41) is 2.73. The van der Waals surface area contributed by atoms with Crippen LogP contribution in [0, 0.1) is 0 Å². The summed E-state index contributed by atoms with van der Waals surface area (Å²) in [5.74, 6) is -0.187. The van der Waals surface area contributed by atoms with Crippen molar-refractivity contribution in [2.45, 2.75) is 13.8 Å². The average Bonchev–Trinajstić information content (AvgIpc) is 2.18. The van der Waals surface area contributed by atoms with Crippen LogP contribution in [0.3, 0.4) is 0 Å². The Bertz CT molecular complexity index is 364. The van der Waals surface area contributed by atoms with Crippen molar-refractivity contribution in [2.75, 3.05) is 12.3 Å². The fourth-order valence-electron chi connectivity index (χ4n) is 0.978. The van der Waals surface area contributed by atoms with Crippen LogP contribution in [0.4, 0.5) is 5.69 Å². The topological polar surface area (TPSA) is 68.0 Å². The molecule has 0 aliphatic rings. The predicted molar refractivity (Wildman–Crippen MR) is 60.4 cm³/mol. The molecule has 0 saturated carbocycles. The van der Waals surface area contributed by atoms with E-state index in [0.717, 1.165) is 0 Å². The van der Waals surface area contributed by atoms with E-state index in [9.17, 15) is 4.79 Å². The summed E-state index contributed by atoms with van der Waals surface area (Å²) in [5.41, 5.74) is 7.56. The zero-order valence-electron chi connectivity index (χ0n) is 8.95. The monoisotopic (exact) mass is 205 g/mol. The van der Waals surface area contributed by atoms with Gasteiger partial charge in [0.15, 0.2) is 0 Å². The van der Waals surface area contributed by atoms with Gasteiger partial charge in [0.25, 0.3) is 5.91 Å². The number of hydrogen-bond donors (Lipinski definition) is 2. The van der Waals surface area contributed by atoms with E-state index >= 15 is 0 Å². The number of carbonyl (C=O) groups excluding carboxylic acids is 1. The molecule has 0 radical (unpaired) electrons. The van der Waals surface area contributed by atoms with Gasteiger partial charge in [-0.15, -0.1) is 0 Å². The largest absolute Gasteiger partial charge is 0.397 e. The van der Waals surface area contributed by atoms with Crippen molar-refractivity contribution in [3.63, 3.8) is 0 Å². The number of nitrogens with zero attached hydrogens (tertiary/aromatic N) is 1. The lowest BCUT2D eigenvalue weighted by Crippen LogP contribution is -2.24. The molecular weight excluding hydrogens is 190 g/mol. The first-order valence-corrected chi connectivity index (χ1v) is 4.72. The third kappa shape index (κ3) is 3.81. The third-order valence-corrected chi connectivity index (χ3v) is 1.79. The van der Waals surface area contributed by atoms with Crippen LogP contribution in [0.2, 0.25) is 0 Å². The maximum atomic E-state index is 11.5.